The van der Waals surface area contributed by atoms with Crippen LogP contribution in [0.2, 0.25) is 10.0 Å². The molecule has 3 aromatic rings. The number of rotatable bonds is 5. The number of esters is 1. The summed E-state index contributed by atoms with van der Waals surface area (Å²) in [6.07, 6.45) is -0.985. The van der Waals surface area contributed by atoms with E-state index in [1.165, 1.54) is 18.3 Å². The molecule has 1 aliphatic heterocycles. The highest BCUT2D eigenvalue weighted by Crippen LogP contribution is 2.37. The Morgan fingerprint density at radius 3 is 2.79 bits per heavy atom. The molecule has 0 fully saturated rings. The van der Waals surface area contributed by atoms with E-state index in [2.05, 4.69) is 5.32 Å². The molecule has 0 unspecified atom stereocenters. The Balaban J connectivity index is 1.38. The van der Waals surface area contributed by atoms with Gasteiger partial charge in [-0.2, -0.15) is 0 Å². The smallest absolute Gasteiger partial charge is 0.350 e. The standard InChI is InChI=1S/C20H15Cl2NO5S/c1-10(19(24)23-8-11-2-5-14-15(6-11)27-9-26-14)28-20(25)18-17(22)13-4-3-12(21)7-16(13)29-18/h2-7,10H,8-9H2,1H3,(H,23,24)/t10-/m1/s1. The Hall–Kier alpha value is -2.48. The lowest BCUT2D eigenvalue weighted by atomic mass is 10.2. The zero-order valence-electron chi connectivity index (χ0n) is 15.2. The molecule has 1 aromatic heterocycles. The monoisotopic (exact) mass is 451 g/mol. The predicted molar refractivity (Wildman–Crippen MR) is 111 cm³/mol. The first-order valence-corrected chi connectivity index (χ1v) is 10.2. The van der Waals surface area contributed by atoms with E-state index in [4.69, 9.17) is 37.4 Å². The summed E-state index contributed by atoms with van der Waals surface area (Å²) < 4.78 is 16.6. The summed E-state index contributed by atoms with van der Waals surface area (Å²) in [4.78, 5) is 25.1. The molecule has 6 nitrogen and oxygen atoms in total. The molecule has 1 N–H and O–H groups in total. The van der Waals surface area contributed by atoms with Crippen molar-refractivity contribution in [3.05, 3.63) is 56.9 Å². The summed E-state index contributed by atoms with van der Waals surface area (Å²) in [5.74, 6) is 0.231. The summed E-state index contributed by atoms with van der Waals surface area (Å²) in [7, 11) is 0. The van der Waals surface area contributed by atoms with Crippen LogP contribution >= 0.6 is 34.5 Å². The van der Waals surface area contributed by atoms with E-state index in [9.17, 15) is 9.59 Å². The van der Waals surface area contributed by atoms with Crippen LogP contribution in [0.5, 0.6) is 11.5 Å². The van der Waals surface area contributed by atoms with Crippen molar-refractivity contribution < 1.29 is 23.8 Å². The Labute approximate surface area is 180 Å². The summed E-state index contributed by atoms with van der Waals surface area (Å²) >= 11 is 13.5. The molecule has 0 radical (unpaired) electrons. The second-order valence-electron chi connectivity index (χ2n) is 6.34. The number of nitrogens with one attached hydrogen (secondary N) is 1. The number of benzene rings is 2. The maximum Gasteiger partial charge on any atom is 0.350 e. The van der Waals surface area contributed by atoms with Gasteiger partial charge in [-0.05, 0) is 36.8 Å². The van der Waals surface area contributed by atoms with Gasteiger partial charge in [-0.15, -0.1) is 11.3 Å². The highest BCUT2D eigenvalue weighted by molar-refractivity contribution is 7.21. The Morgan fingerprint density at radius 2 is 1.97 bits per heavy atom. The van der Waals surface area contributed by atoms with Gasteiger partial charge in [0.2, 0.25) is 6.79 Å². The van der Waals surface area contributed by atoms with E-state index < -0.39 is 18.0 Å². The largest absolute Gasteiger partial charge is 0.454 e. The molecule has 150 valence electrons. The van der Waals surface area contributed by atoms with Crippen molar-refractivity contribution in [3.63, 3.8) is 0 Å². The van der Waals surface area contributed by atoms with Crippen LogP contribution in [0.3, 0.4) is 0 Å². The predicted octanol–water partition coefficient (Wildman–Crippen LogP) is 4.80. The van der Waals surface area contributed by atoms with E-state index >= 15 is 0 Å². The van der Waals surface area contributed by atoms with E-state index in [-0.39, 0.29) is 18.2 Å². The van der Waals surface area contributed by atoms with E-state index in [0.29, 0.717) is 26.9 Å². The third-order valence-electron chi connectivity index (χ3n) is 4.33. The average molecular weight is 452 g/mol. The minimum Gasteiger partial charge on any atom is -0.454 e. The summed E-state index contributed by atoms with van der Waals surface area (Å²) in [6.45, 7) is 1.95. The number of ether oxygens (including phenoxy) is 3. The van der Waals surface area contributed by atoms with Gasteiger partial charge >= 0.3 is 5.97 Å². The number of carbonyl (C=O) groups is 2. The lowest BCUT2D eigenvalue weighted by Gasteiger charge is -2.13. The first kappa shape index (κ1) is 19.8. The maximum absolute atomic E-state index is 12.5. The van der Waals surface area contributed by atoms with Gasteiger partial charge in [0.1, 0.15) is 4.88 Å². The molecule has 9 heteroatoms. The summed E-state index contributed by atoms with van der Waals surface area (Å²) in [6, 6.07) is 10.6. The van der Waals surface area contributed by atoms with E-state index in [0.717, 1.165) is 10.3 Å². The van der Waals surface area contributed by atoms with Crippen LogP contribution in [0.25, 0.3) is 10.1 Å². The van der Waals surface area contributed by atoms with Crippen LogP contribution in [0.15, 0.2) is 36.4 Å². The maximum atomic E-state index is 12.5. The van der Waals surface area contributed by atoms with Crippen LogP contribution in [0.1, 0.15) is 22.2 Å². The van der Waals surface area contributed by atoms with E-state index in [1.807, 2.05) is 6.07 Å². The minimum absolute atomic E-state index is 0.185. The van der Waals surface area contributed by atoms with Gasteiger partial charge in [-0.3, -0.25) is 4.79 Å². The number of thiophene rings is 1. The molecule has 0 saturated heterocycles. The topological polar surface area (TPSA) is 73.9 Å². The quantitative estimate of drug-likeness (QED) is 0.563. The molecule has 0 aliphatic carbocycles. The third-order valence-corrected chi connectivity index (χ3v) is 6.21. The molecule has 2 heterocycles. The number of fused-ring (bicyclic) bond motifs is 2. The van der Waals surface area contributed by atoms with Gasteiger partial charge in [0, 0.05) is 21.7 Å². The van der Waals surface area contributed by atoms with Crippen LogP contribution < -0.4 is 14.8 Å². The fourth-order valence-electron chi connectivity index (χ4n) is 2.82. The molecule has 1 amide bonds. The Morgan fingerprint density at radius 1 is 1.17 bits per heavy atom. The molecule has 0 bridgehead atoms. The number of hydrogen-bond acceptors (Lipinski definition) is 6. The van der Waals surface area contributed by atoms with Gasteiger partial charge in [-0.25, -0.2) is 4.79 Å². The molecule has 2 aromatic carbocycles. The lowest BCUT2D eigenvalue weighted by Crippen LogP contribution is -2.35. The molecule has 29 heavy (non-hydrogen) atoms. The van der Waals surface area contributed by atoms with Crippen molar-refractivity contribution in [2.45, 2.75) is 19.6 Å². The van der Waals surface area contributed by atoms with Crippen molar-refractivity contribution in [2.75, 3.05) is 6.79 Å². The zero-order chi connectivity index (χ0) is 20.5. The van der Waals surface area contributed by atoms with Crippen molar-refractivity contribution in [1.29, 1.82) is 0 Å². The average Bonchev–Trinajstić information content (AvgIpc) is 3.29. The van der Waals surface area contributed by atoms with Crippen molar-refractivity contribution >= 4 is 56.5 Å². The number of halogens is 2. The van der Waals surface area contributed by atoms with Crippen molar-refractivity contribution in [3.8, 4) is 11.5 Å². The molecular formula is C20H15Cl2NO5S. The van der Waals surface area contributed by atoms with Crippen LogP contribution in [-0.4, -0.2) is 24.8 Å². The highest BCUT2D eigenvalue weighted by atomic mass is 35.5. The molecule has 0 spiro atoms. The molecular weight excluding hydrogens is 437 g/mol. The normalized spacial score (nSPS) is 13.3. The fourth-order valence-corrected chi connectivity index (χ4v) is 4.49. The van der Waals surface area contributed by atoms with Gasteiger partial charge in [0.15, 0.2) is 17.6 Å². The fraction of sp³-hybridized carbons (Fsp3) is 0.200. The lowest BCUT2D eigenvalue weighted by molar-refractivity contribution is -0.129. The van der Waals surface area contributed by atoms with Gasteiger partial charge in [0.25, 0.3) is 5.91 Å². The number of amides is 1. The molecule has 1 atom stereocenters. The first-order valence-electron chi connectivity index (χ1n) is 8.67. The van der Waals surface area contributed by atoms with Crippen LogP contribution in [0, 0.1) is 0 Å². The zero-order valence-corrected chi connectivity index (χ0v) is 17.5. The van der Waals surface area contributed by atoms with Gasteiger partial charge in [0.05, 0.1) is 5.02 Å². The minimum atomic E-state index is -0.985. The Bertz CT molecular complexity index is 1110. The summed E-state index contributed by atoms with van der Waals surface area (Å²) in [5, 5.41) is 4.29. The van der Waals surface area contributed by atoms with Crippen LogP contribution in [-0.2, 0) is 16.1 Å². The summed E-state index contributed by atoms with van der Waals surface area (Å²) in [5.41, 5.74) is 0.838. The SMILES string of the molecule is C[C@@H](OC(=O)c1sc2cc(Cl)ccc2c1Cl)C(=O)NCc1ccc2c(c1)OCO2. The third kappa shape index (κ3) is 4.12. The number of carbonyl (C=O) groups excluding carboxylic acids is 2. The second kappa shape index (κ2) is 8.10. The molecule has 1 aliphatic rings. The molecule has 0 saturated carbocycles. The molecule has 4 rings (SSSR count). The van der Waals surface area contributed by atoms with Gasteiger partial charge in [-0.1, -0.05) is 35.3 Å². The highest BCUT2D eigenvalue weighted by Gasteiger charge is 2.24. The van der Waals surface area contributed by atoms with Crippen LogP contribution in [0.4, 0.5) is 0 Å². The number of hydrogen-bond donors (Lipinski definition) is 1. The van der Waals surface area contributed by atoms with Gasteiger partial charge < -0.3 is 19.5 Å². The van der Waals surface area contributed by atoms with Crippen molar-refractivity contribution in [2.24, 2.45) is 0 Å². The van der Waals surface area contributed by atoms with E-state index in [1.54, 1.807) is 30.3 Å². The second-order valence-corrected chi connectivity index (χ2v) is 8.21. The first-order chi connectivity index (χ1) is 13.9. The Kier molecular flexibility index (Phi) is 5.54. The van der Waals surface area contributed by atoms with Crippen molar-refractivity contribution in [1.82, 2.24) is 5.32 Å².